The quantitative estimate of drug-likeness (QED) is 0.872. The van der Waals surface area contributed by atoms with Gasteiger partial charge in [0, 0.05) is 16.6 Å². The van der Waals surface area contributed by atoms with Crippen LogP contribution in [0.15, 0.2) is 42.5 Å². The van der Waals surface area contributed by atoms with Gasteiger partial charge in [0.25, 0.3) is 5.91 Å². The molecule has 0 saturated carbocycles. The Kier molecular flexibility index (Phi) is 5.92. The monoisotopic (exact) mass is 339 g/mol. The van der Waals surface area contributed by atoms with Crippen LogP contribution in [0.2, 0.25) is 10.0 Å². The number of rotatable bonds is 6. The first kappa shape index (κ1) is 16.5. The van der Waals surface area contributed by atoms with Crippen LogP contribution in [0.1, 0.15) is 5.56 Å². The Morgan fingerprint density at radius 3 is 2.50 bits per heavy atom. The summed E-state index contributed by atoms with van der Waals surface area (Å²) in [5.41, 5.74) is 0.943. The SMILES string of the molecule is COc1cccc(CNC(=O)COc2cc(Cl)cc(Cl)c2)c1. The van der Waals surface area contributed by atoms with Crippen molar-refractivity contribution in [1.29, 1.82) is 0 Å². The highest BCUT2D eigenvalue weighted by atomic mass is 35.5. The highest BCUT2D eigenvalue weighted by Crippen LogP contribution is 2.24. The summed E-state index contributed by atoms with van der Waals surface area (Å²) < 4.78 is 10.5. The number of carbonyl (C=O) groups excluding carboxylic acids is 1. The molecule has 0 bridgehead atoms. The highest BCUT2D eigenvalue weighted by Gasteiger charge is 2.05. The van der Waals surface area contributed by atoms with Crippen molar-refractivity contribution in [2.24, 2.45) is 0 Å². The fourth-order valence-corrected chi connectivity index (χ4v) is 2.30. The van der Waals surface area contributed by atoms with Gasteiger partial charge in [0.05, 0.1) is 7.11 Å². The molecular weight excluding hydrogens is 325 g/mol. The molecule has 0 atom stereocenters. The Hall–Kier alpha value is -1.91. The Morgan fingerprint density at radius 1 is 1.09 bits per heavy atom. The molecule has 0 heterocycles. The number of nitrogens with one attached hydrogen (secondary N) is 1. The lowest BCUT2D eigenvalue weighted by Crippen LogP contribution is -2.28. The molecule has 1 amide bonds. The molecule has 0 aliphatic heterocycles. The second-order valence-electron chi connectivity index (χ2n) is 4.52. The van der Waals surface area contributed by atoms with Crippen molar-refractivity contribution in [2.75, 3.05) is 13.7 Å². The fraction of sp³-hybridized carbons (Fsp3) is 0.188. The molecule has 1 N–H and O–H groups in total. The topological polar surface area (TPSA) is 47.6 Å². The van der Waals surface area contributed by atoms with Crippen LogP contribution in [-0.4, -0.2) is 19.6 Å². The highest BCUT2D eigenvalue weighted by molar-refractivity contribution is 6.34. The van der Waals surface area contributed by atoms with E-state index in [2.05, 4.69) is 5.32 Å². The Bertz CT molecular complexity index is 641. The summed E-state index contributed by atoms with van der Waals surface area (Å²) in [7, 11) is 1.60. The van der Waals surface area contributed by atoms with Crippen LogP contribution in [0.3, 0.4) is 0 Å². The lowest BCUT2D eigenvalue weighted by Gasteiger charge is -2.09. The van der Waals surface area contributed by atoms with E-state index in [9.17, 15) is 4.79 Å². The van der Waals surface area contributed by atoms with E-state index in [-0.39, 0.29) is 12.5 Å². The fourth-order valence-electron chi connectivity index (χ4n) is 1.79. The summed E-state index contributed by atoms with van der Waals surface area (Å²) in [6.45, 7) is 0.288. The molecule has 4 nitrogen and oxygen atoms in total. The average Bonchev–Trinajstić information content (AvgIpc) is 2.50. The van der Waals surface area contributed by atoms with E-state index in [1.807, 2.05) is 24.3 Å². The summed E-state index contributed by atoms with van der Waals surface area (Å²) in [6.07, 6.45) is 0. The van der Waals surface area contributed by atoms with Crippen LogP contribution in [0.5, 0.6) is 11.5 Å². The minimum atomic E-state index is -0.237. The van der Waals surface area contributed by atoms with Crippen molar-refractivity contribution in [1.82, 2.24) is 5.32 Å². The molecule has 0 aromatic heterocycles. The van der Waals surface area contributed by atoms with Gasteiger partial charge in [-0.3, -0.25) is 4.79 Å². The largest absolute Gasteiger partial charge is 0.497 e. The summed E-state index contributed by atoms with van der Waals surface area (Å²) in [4.78, 5) is 11.8. The molecule has 0 fully saturated rings. The van der Waals surface area contributed by atoms with E-state index in [0.29, 0.717) is 22.3 Å². The van der Waals surface area contributed by atoms with E-state index in [4.69, 9.17) is 32.7 Å². The third-order valence-electron chi connectivity index (χ3n) is 2.83. The zero-order chi connectivity index (χ0) is 15.9. The van der Waals surface area contributed by atoms with Gasteiger partial charge in [-0.25, -0.2) is 0 Å². The summed E-state index contributed by atoms with van der Waals surface area (Å²) in [5, 5.41) is 3.68. The molecule has 0 saturated heterocycles. The molecule has 0 aliphatic carbocycles. The minimum absolute atomic E-state index is 0.110. The van der Waals surface area contributed by atoms with Crippen molar-refractivity contribution >= 4 is 29.1 Å². The standard InChI is InChI=1S/C16H15Cl2NO3/c1-21-14-4-2-3-11(5-14)9-19-16(20)10-22-15-7-12(17)6-13(18)8-15/h2-8H,9-10H2,1H3,(H,19,20). The molecule has 0 radical (unpaired) electrons. The van der Waals surface area contributed by atoms with Gasteiger partial charge in [-0.15, -0.1) is 0 Å². The molecule has 0 unspecified atom stereocenters. The van der Waals surface area contributed by atoms with Crippen molar-refractivity contribution in [3.63, 3.8) is 0 Å². The number of carbonyl (C=O) groups is 1. The Labute approximate surface area is 138 Å². The van der Waals surface area contributed by atoms with Crippen LogP contribution in [-0.2, 0) is 11.3 Å². The first-order chi connectivity index (χ1) is 10.6. The Morgan fingerprint density at radius 2 is 1.82 bits per heavy atom. The zero-order valence-electron chi connectivity index (χ0n) is 11.9. The normalized spacial score (nSPS) is 10.1. The van der Waals surface area contributed by atoms with Crippen LogP contribution < -0.4 is 14.8 Å². The number of halogens is 2. The van der Waals surface area contributed by atoms with E-state index < -0.39 is 0 Å². The van der Waals surface area contributed by atoms with Crippen molar-refractivity contribution in [3.8, 4) is 11.5 Å². The first-order valence-electron chi connectivity index (χ1n) is 6.55. The smallest absolute Gasteiger partial charge is 0.258 e. The third kappa shape index (κ3) is 5.13. The number of hydrogen-bond acceptors (Lipinski definition) is 3. The van der Waals surface area contributed by atoms with E-state index >= 15 is 0 Å². The first-order valence-corrected chi connectivity index (χ1v) is 7.31. The number of methoxy groups -OCH3 is 1. The van der Waals surface area contributed by atoms with Gasteiger partial charge < -0.3 is 14.8 Å². The molecule has 2 aromatic carbocycles. The van der Waals surface area contributed by atoms with Crippen LogP contribution in [0.4, 0.5) is 0 Å². The maximum absolute atomic E-state index is 11.8. The Balaban J connectivity index is 1.82. The van der Waals surface area contributed by atoms with Crippen LogP contribution in [0, 0.1) is 0 Å². The third-order valence-corrected chi connectivity index (χ3v) is 3.27. The maximum Gasteiger partial charge on any atom is 0.258 e. The zero-order valence-corrected chi connectivity index (χ0v) is 13.4. The molecule has 22 heavy (non-hydrogen) atoms. The minimum Gasteiger partial charge on any atom is -0.497 e. The van der Waals surface area contributed by atoms with Gasteiger partial charge in [0.15, 0.2) is 6.61 Å². The van der Waals surface area contributed by atoms with Gasteiger partial charge in [0.2, 0.25) is 0 Å². The van der Waals surface area contributed by atoms with Gasteiger partial charge in [-0.1, -0.05) is 35.3 Å². The molecule has 6 heteroatoms. The van der Waals surface area contributed by atoms with Crippen molar-refractivity contribution < 1.29 is 14.3 Å². The van der Waals surface area contributed by atoms with Gasteiger partial charge in [-0.2, -0.15) is 0 Å². The number of hydrogen-bond donors (Lipinski definition) is 1. The predicted octanol–water partition coefficient (Wildman–Crippen LogP) is 3.70. The summed E-state index contributed by atoms with van der Waals surface area (Å²) in [5.74, 6) is 0.963. The van der Waals surface area contributed by atoms with Crippen LogP contribution >= 0.6 is 23.2 Å². The molecule has 0 spiro atoms. The molecule has 116 valence electrons. The summed E-state index contributed by atoms with van der Waals surface area (Å²) in [6, 6.07) is 12.3. The van der Waals surface area contributed by atoms with E-state index in [1.54, 1.807) is 25.3 Å². The number of ether oxygens (including phenoxy) is 2. The van der Waals surface area contributed by atoms with Gasteiger partial charge in [0.1, 0.15) is 11.5 Å². The van der Waals surface area contributed by atoms with Gasteiger partial charge >= 0.3 is 0 Å². The van der Waals surface area contributed by atoms with Crippen molar-refractivity contribution in [3.05, 3.63) is 58.1 Å². The molecule has 0 aliphatic rings. The van der Waals surface area contributed by atoms with E-state index in [0.717, 1.165) is 11.3 Å². The lowest BCUT2D eigenvalue weighted by molar-refractivity contribution is -0.123. The predicted molar refractivity (Wildman–Crippen MR) is 86.8 cm³/mol. The molecular formula is C16H15Cl2NO3. The lowest BCUT2D eigenvalue weighted by atomic mass is 10.2. The summed E-state index contributed by atoms with van der Waals surface area (Å²) >= 11 is 11.7. The maximum atomic E-state index is 11.8. The van der Waals surface area contributed by atoms with Crippen molar-refractivity contribution in [2.45, 2.75) is 6.54 Å². The second-order valence-corrected chi connectivity index (χ2v) is 5.39. The van der Waals surface area contributed by atoms with Gasteiger partial charge in [-0.05, 0) is 35.9 Å². The molecule has 2 aromatic rings. The average molecular weight is 340 g/mol. The molecule has 2 rings (SSSR count). The number of benzene rings is 2. The van der Waals surface area contributed by atoms with Crippen LogP contribution in [0.25, 0.3) is 0 Å². The number of amides is 1. The second kappa shape index (κ2) is 7.92. The van der Waals surface area contributed by atoms with E-state index in [1.165, 1.54) is 0 Å².